The molecule has 5 heteroatoms. The van der Waals surface area contributed by atoms with Gasteiger partial charge in [0.2, 0.25) is 11.8 Å². The molecule has 2 aliphatic rings. The molecule has 0 saturated carbocycles. The number of carbonyl (C=O) groups is 2. The SMILES string of the molecule is CCCC1(C(=O)N2CCC(C)(C(N)=O)C2)CCCN1. The third kappa shape index (κ3) is 2.48. The molecule has 0 radical (unpaired) electrons. The summed E-state index contributed by atoms with van der Waals surface area (Å²) in [6.07, 6.45) is 4.49. The highest BCUT2D eigenvalue weighted by atomic mass is 16.2. The van der Waals surface area contributed by atoms with Crippen molar-refractivity contribution in [2.24, 2.45) is 11.1 Å². The van der Waals surface area contributed by atoms with Gasteiger partial charge in [0.15, 0.2) is 0 Å². The van der Waals surface area contributed by atoms with Crippen molar-refractivity contribution in [1.82, 2.24) is 10.2 Å². The first-order valence-corrected chi connectivity index (χ1v) is 7.28. The molecule has 19 heavy (non-hydrogen) atoms. The summed E-state index contributed by atoms with van der Waals surface area (Å²) in [6.45, 7) is 5.98. The number of nitrogens with zero attached hydrogens (tertiary/aromatic N) is 1. The van der Waals surface area contributed by atoms with Gasteiger partial charge in [-0.05, 0) is 39.2 Å². The van der Waals surface area contributed by atoms with E-state index in [0.717, 1.165) is 32.2 Å². The number of likely N-dealkylation sites (tertiary alicyclic amines) is 1. The minimum Gasteiger partial charge on any atom is -0.369 e. The first-order chi connectivity index (χ1) is 8.93. The zero-order valence-electron chi connectivity index (χ0n) is 12.0. The number of amides is 2. The molecule has 0 aromatic carbocycles. The topological polar surface area (TPSA) is 75.4 Å². The molecule has 0 spiro atoms. The van der Waals surface area contributed by atoms with Crippen LogP contribution in [0.5, 0.6) is 0 Å². The molecule has 0 aliphatic carbocycles. The van der Waals surface area contributed by atoms with Crippen molar-refractivity contribution in [3.8, 4) is 0 Å². The van der Waals surface area contributed by atoms with E-state index in [4.69, 9.17) is 5.73 Å². The highest BCUT2D eigenvalue weighted by Crippen LogP contribution is 2.34. The molecular formula is C14H25N3O2. The van der Waals surface area contributed by atoms with Gasteiger partial charge in [-0.3, -0.25) is 9.59 Å². The predicted molar refractivity (Wildman–Crippen MR) is 73.4 cm³/mol. The maximum absolute atomic E-state index is 12.8. The number of nitrogens with one attached hydrogen (secondary N) is 1. The Bertz CT molecular complexity index is 377. The summed E-state index contributed by atoms with van der Waals surface area (Å²) >= 11 is 0. The predicted octanol–water partition coefficient (Wildman–Crippen LogP) is 0.633. The molecule has 2 heterocycles. The number of primary amides is 1. The summed E-state index contributed by atoms with van der Waals surface area (Å²) in [5, 5.41) is 3.40. The normalized spacial score (nSPS) is 34.7. The molecular weight excluding hydrogens is 242 g/mol. The van der Waals surface area contributed by atoms with Gasteiger partial charge in [-0.2, -0.15) is 0 Å². The summed E-state index contributed by atoms with van der Waals surface area (Å²) < 4.78 is 0. The fourth-order valence-corrected chi connectivity index (χ4v) is 3.37. The second-order valence-corrected chi connectivity index (χ2v) is 6.26. The molecule has 2 rings (SSSR count). The Morgan fingerprint density at radius 2 is 2.11 bits per heavy atom. The number of hydrogen-bond donors (Lipinski definition) is 2. The van der Waals surface area contributed by atoms with Gasteiger partial charge in [-0.25, -0.2) is 0 Å². The van der Waals surface area contributed by atoms with Crippen LogP contribution in [0.2, 0.25) is 0 Å². The van der Waals surface area contributed by atoms with Gasteiger partial charge < -0.3 is 16.0 Å². The van der Waals surface area contributed by atoms with Crippen LogP contribution in [0, 0.1) is 5.41 Å². The van der Waals surface area contributed by atoms with Crippen LogP contribution in [0.15, 0.2) is 0 Å². The van der Waals surface area contributed by atoms with E-state index in [1.165, 1.54) is 0 Å². The monoisotopic (exact) mass is 267 g/mol. The van der Waals surface area contributed by atoms with E-state index in [0.29, 0.717) is 19.5 Å². The quantitative estimate of drug-likeness (QED) is 0.784. The lowest BCUT2D eigenvalue weighted by Gasteiger charge is -2.33. The Labute approximate surface area is 114 Å². The van der Waals surface area contributed by atoms with E-state index < -0.39 is 11.0 Å². The lowest BCUT2D eigenvalue weighted by atomic mass is 9.88. The first-order valence-electron chi connectivity index (χ1n) is 7.28. The van der Waals surface area contributed by atoms with E-state index in [1.54, 1.807) is 0 Å². The first kappa shape index (κ1) is 14.3. The molecule has 3 N–H and O–H groups in total. The minimum absolute atomic E-state index is 0.164. The van der Waals surface area contributed by atoms with Crippen molar-refractivity contribution in [3.63, 3.8) is 0 Å². The molecule has 2 atom stereocenters. The largest absolute Gasteiger partial charge is 0.369 e. The molecule has 2 amide bonds. The summed E-state index contributed by atoms with van der Waals surface area (Å²) in [4.78, 5) is 26.1. The Morgan fingerprint density at radius 1 is 1.37 bits per heavy atom. The van der Waals surface area contributed by atoms with E-state index in [1.807, 2.05) is 11.8 Å². The van der Waals surface area contributed by atoms with E-state index in [9.17, 15) is 9.59 Å². The fraction of sp³-hybridized carbons (Fsp3) is 0.857. The van der Waals surface area contributed by atoms with Crippen LogP contribution in [0.1, 0.15) is 46.0 Å². The van der Waals surface area contributed by atoms with Crippen LogP contribution in [0.25, 0.3) is 0 Å². The highest BCUT2D eigenvalue weighted by Gasteiger charge is 2.47. The minimum atomic E-state index is -0.554. The second-order valence-electron chi connectivity index (χ2n) is 6.26. The number of hydrogen-bond acceptors (Lipinski definition) is 3. The van der Waals surface area contributed by atoms with Crippen LogP contribution >= 0.6 is 0 Å². The zero-order valence-corrected chi connectivity index (χ0v) is 12.0. The van der Waals surface area contributed by atoms with Gasteiger partial charge in [-0.15, -0.1) is 0 Å². The van der Waals surface area contributed by atoms with Crippen molar-refractivity contribution in [3.05, 3.63) is 0 Å². The molecule has 2 saturated heterocycles. The molecule has 108 valence electrons. The van der Waals surface area contributed by atoms with Crippen molar-refractivity contribution >= 4 is 11.8 Å². The molecule has 2 aliphatic heterocycles. The molecule has 2 unspecified atom stereocenters. The van der Waals surface area contributed by atoms with Gasteiger partial charge in [0, 0.05) is 13.1 Å². The smallest absolute Gasteiger partial charge is 0.242 e. The van der Waals surface area contributed by atoms with Crippen molar-refractivity contribution < 1.29 is 9.59 Å². The fourth-order valence-electron chi connectivity index (χ4n) is 3.37. The van der Waals surface area contributed by atoms with Crippen molar-refractivity contribution in [2.75, 3.05) is 19.6 Å². The molecule has 0 bridgehead atoms. The van der Waals surface area contributed by atoms with Crippen LogP contribution in [-0.4, -0.2) is 41.9 Å². The zero-order chi connectivity index (χ0) is 14.1. The Kier molecular flexibility index (Phi) is 3.85. The van der Waals surface area contributed by atoms with Gasteiger partial charge in [0.25, 0.3) is 0 Å². The van der Waals surface area contributed by atoms with Gasteiger partial charge in [0.1, 0.15) is 0 Å². The Balaban J connectivity index is 2.10. The van der Waals surface area contributed by atoms with Crippen LogP contribution in [0.3, 0.4) is 0 Å². The average Bonchev–Trinajstić information content (AvgIpc) is 2.97. The highest BCUT2D eigenvalue weighted by molar-refractivity contribution is 5.89. The van der Waals surface area contributed by atoms with E-state index in [-0.39, 0.29) is 11.8 Å². The summed E-state index contributed by atoms with van der Waals surface area (Å²) in [6, 6.07) is 0. The van der Waals surface area contributed by atoms with Gasteiger partial charge in [-0.1, -0.05) is 13.3 Å². The number of carbonyl (C=O) groups excluding carboxylic acids is 2. The number of nitrogens with two attached hydrogens (primary N) is 1. The molecule has 2 fully saturated rings. The molecule has 0 aromatic heterocycles. The standard InChI is InChI=1S/C14H25N3O2/c1-3-5-14(6-4-8-16-14)12(19)17-9-7-13(2,10-17)11(15)18/h16H,3-10H2,1-2H3,(H2,15,18). The van der Waals surface area contributed by atoms with Gasteiger partial charge >= 0.3 is 0 Å². The lowest BCUT2D eigenvalue weighted by Crippen LogP contribution is -2.55. The van der Waals surface area contributed by atoms with Crippen LogP contribution in [-0.2, 0) is 9.59 Å². The molecule has 5 nitrogen and oxygen atoms in total. The Morgan fingerprint density at radius 3 is 2.58 bits per heavy atom. The summed E-state index contributed by atoms with van der Waals surface area (Å²) in [5.74, 6) is -0.136. The van der Waals surface area contributed by atoms with Crippen LogP contribution < -0.4 is 11.1 Å². The van der Waals surface area contributed by atoms with E-state index in [2.05, 4.69) is 12.2 Å². The Hall–Kier alpha value is -1.10. The lowest BCUT2D eigenvalue weighted by molar-refractivity contribution is -0.138. The molecule has 0 aromatic rings. The summed E-state index contributed by atoms with van der Waals surface area (Å²) in [7, 11) is 0. The van der Waals surface area contributed by atoms with Crippen molar-refractivity contribution in [1.29, 1.82) is 0 Å². The van der Waals surface area contributed by atoms with Crippen LogP contribution in [0.4, 0.5) is 0 Å². The maximum atomic E-state index is 12.8. The third-order valence-electron chi connectivity index (χ3n) is 4.69. The van der Waals surface area contributed by atoms with Gasteiger partial charge in [0.05, 0.1) is 11.0 Å². The number of rotatable bonds is 4. The summed E-state index contributed by atoms with van der Waals surface area (Å²) in [5.41, 5.74) is 4.50. The van der Waals surface area contributed by atoms with E-state index >= 15 is 0 Å². The maximum Gasteiger partial charge on any atom is 0.242 e. The van der Waals surface area contributed by atoms with Crippen molar-refractivity contribution in [2.45, 2.75) is 51.5 Å². The third-order valence-corrected chi connectivity index (χ3v) is 4.69. The average molecular weight is 267 g/mol. The second kappa shape index (κ2) is 5.12.